The lowest BCUT2D eigenvalue weighted by Crippen LogP contribution is -2.03. The van der Waals surface area contributed by atoms with Crippen LogP contribution in [0.2, 0.25) is 0 Å². The van der Waals surface area contributed by atoms with Crippen LogP contribution >= 0.6 is 0 Å². The maximum Gasteiger partial charge on any atom is 0.222 e. The zero-order valence-corrected chi connectivity index (χ0v) is 11.3. The highest BCUT2D eigenvalue weighted by Crippen LogP contribution is 2.22. The molecule has 7 nitrogen and oxygen atoms in total. The summed E-state index contributed by atoms with van der Waals surface area (Å²) in [6.45, 7) is 2.82. The molecule has 3 aromatic heterocycles. The van der Waals surface area contributed by atoms with E-state index in [9.17, 15) is 0 Å². The van der Waals surface area contributed by atoms with E-state index in [0.717, 1.165) is 29.4 Å². The fraction of sp³-hybridized carbons (Fsp3) is 0.231. The van der Waals surface area contributed by atoms with Crippen molar-refractivity contribution in [1.82, 2.24) is 24.3 Å². The summed E-state index contributed by atoms with van der Waals surface area (Å²) in [5.41, 5.74) is 2.50. The van der Waals surface area contributed by atoms with Crippen molar-refractivity contribution < 1.29 is 0 Å². The fourth-order valence-corrected chi connectivity index (χ4v) is 2.02. The Bertz CT molecular complexity index is 734. The van der Waals surface area contributed by atoms with Crippen molar-refractivity contribution >= 4 is 17.4 Å². The Hall–Kier alpha value is -2.70. The lowest BCUT2D eigenvalue weighted by molar-refractivity contribution is 1.08. The third-order valence-corrected chi connectivity index (χ3v) is 2.91. The van der Waals surface area contributed by atoms with Crippen LogP contribution in [-0.2, 0) is 0 Å². The van der Waals surface area contributed by atoms with Gasteiger partial charge < -0.3 is 10.6 Å². The number of anilines is 2. The molecule has 0 bridgehead atoms. The summed E-state index contributed by atoms with van der Waals surface area (Å²) in [7, 11) is 1.79. The average molecular weight is 269 g/mol. The summed E-state index contributed by atoms with van der Waals surface area (Å²) < 4.78 is 1.97. The third-order valence-electron chi connectivity index (χ3n) is 2.91. The van der Waals surface area contributed by atoms with Crippen LogP contribution in [0.1, 0.15) is 6.92 Å². The van der Waals surface area contributed by atoms with Gasteiger partial charge in [-0.3, -0.25) is 4.40 Å². The topological polar surface area (TPSA) is 80.0 Å². The first kappa shape index (κ1) is 12.3. The van der Waals surface area contributed by atoms with Gasteiger partial charge in [0.25, 0.3) is 0 Å². The number of hydrogen-bond acceptors (Lipinski definition) is 6. The minimum absolute atomic E-state index is 0.582. The summed E-state index contributed by atoms with van der Waals surface area (Å²) >= 11 is 0. The van der Waals surface area contributed by atoms with Crippen LogP contribution in [0, 0.1) is 0 Å². The highest BCUT2D eigenvalue weighted by atomic mass is 15.1. The average Bonchev–Trinajstić information content (AvgIpc) is 2.93. The van der Waals surface area contributed by atoms with Gasteiger partial charge in [-0.2, -0.15) is 0 Å². The molecule has 0 spiro atoms. The van der Waals surface area contributed by atoms with Crippen molar-refractivity contribution in [3.05, 3.63) is 30.9 Å². The molecule has 7 heteroatoms. The van der Waals surface area contributed by atoms with Crippen LogP contribution in [0.4, 0.5) is 11.8 Å². The van der Waals surface area contributed by atoms with Gasteiger partial charge in [-0.25, -0.2) is 19.9 Å². The normalized spacial score (nSPS) is 10.7. The Morgan fingerprint density at radius 2 is 2.10 bits per heavy atom. The molecule has 0 saturated carbocycles. The summed E-state index contributed by atoms with van der Waals surface area (Å²) in [6, 6.07) is 1.86. The summed E-state index contributed by atoms with van der Waals surface area (Å²) in [5.74, 6) is 1.35. The maximum absolute atomic E-state index is 4.44. The minimum Gasteiger partial charge on any atom is -0.367 e. The summed E-state index contributed by atoms with van der Waals surface area (Å²) in [4.78, 5) is 17.3. The molecule has 20 heavy (non-hydrogen) atoms. The maximum atomic E-state index is 4.44. The molecule has 3 heterocycles. The molecule has 0 fully saturated rings. The SMILES string of the molecule is CCNc1nccn2c(-c3ccnc(NC)n3)cnc12. The Morgan fingerprint density at radius 3 is 2.90 bits per heavy atom. The second-order valence-electron chi connectivity index (χ2n) is 4.16. The van der Waals surface area contributed by atoms with E-state index in [0.29, 0.717) is 5.95 Å². The molecular weight excluding hydrogens is 254 g/mol. The molecule has 0 aromatic carbocycles. The molecule has 0 aliphatic rings. The van der Waals surface area contributed by atoms with E-state index in [1.54, 1.807) is 25.6 Å². The lowest BCUT2D eigenvalue weighted by atomic mass is 10.3. The number of fused-ring (bicyclic) bond motifs is 1. The van der Waals surface area contributed by atoms with Crippen LogP contribution in [0.5, 0.6) is 0 Å². The van der Waals surface area contributed by atoms with Crippen molar-refractivity contribution in [2.45, 2.75) is 6.92 Å². The Morgan fingerprint density at radius 1 is 1.20 bits per heavy atom. The predicted octanol–water partition coefficient (Wildman–Crippen LogP) is 1.66. The van der Waals surface area contributed by atoms with Crippen molar-refractivity contribution in [3.8, 4) is 11.4 Å². The zero-order chi connectivity index (χ0) is 13.9. The number of nitrogens with zero attached hydrogens (tertiary/aromatic N) is 5. The van der Waals surface area contributed by atoms with Crippen LogP contribution in [0.25, 0.3) is 17.0 Å². The quantitative estimate of drug-likeness (QED) is 0.750. The molecule has 0 saturated heterocycles. The summed E-state index contributed by atoms with van der Waals surface area (Å²) in [6.07, 6.45) is 7.13. The van der Waals surface area contributed by atoms with E-state index in [2.05, 4.69) is 30.6 Å². The van der Waals surface area contributed by atoms with Crippen molar-refractivity contribution in [1.29, 1.82) is 0 Å². The van der Waals surface area contributed by atoms with E-state index in [1.165, 1.54) is 0 Å². The number of nitrogens with one attached hydrogen (secondary N) is 2. The number of aromatic nitrogens is 5. The van der Waals surface area contributed by atoms with Crippen molar-refractivity contribution in [2.75, 3.05) is 24.2 Å². The van der Waals surface area contributed by atoms with Crippen LogP contribution in [-0.4, -0.2) is 37.9 Å². The molecule has 2 N–H and O–H groups in total. The van der Waals surface area contributed by atoms with Crippen LogP contribution < -0.4 is 10.6 Å². The first-order chi connectivity index (χ1) is 9.83. The smallest absolute Gasteiger partial charge is 0.222 e. The Labute approximate surface area is 116 Å². The van der Waals surface area contributed by atoms with E-state index in [-0.39, 0.29) is 0 Å². The van der Waals surface area contributed by atoms with Gasteiger partial charge in [-0.1, -0.05) is 0 Å². The molecule has 3 rings (SSSR count). The fourth-order valence-electron chi connectivity index (χ4n) is 2.02. The molecular formula is C13H15N7. The molecule has 0 amide bonds. The first-order valence-electron chi connectivity index (χ1n) is 6.40. The van der Waals surface area contributed by atoms with Gasteiger partial charge >= 0.3 is 0 Å². The second-order valence-corrected chi connectivity index (χ2v) is 4.16. The van der Waals surface area contributed by atoms with Gasteiger partial charge in [0.15, 0.2) is 11.5 Å². The predicted molar refractivity (Wildman–Crippen MR) is 77.7 cm³/mol. The molecule has 0 aliphatic carbocycles. The largest absolute Gasteiger partial charge is 0.367 e. The molecule has 102 valence electrons. The molecule has 0 radical (unpaired) electrons. The van der Waals surface area contributed by atoms with E-state index < -0.39 is 0 Å². The monoisotopic (exact) mass is 269 g/mol. The second kappa shape index (κ2) is 5.12. The van der Waals surface area contributed by atoms with Crippen LogP contribution in [0.15, 0.2) is 30.9 Å². The standard InChI is InChI=1S/C13H15N7/c1-3-15-11-12-18-8-10(20(12)7-6-16-11)9-4-5-17-13(14-2)19-9/h4-8H,3H2,1-2H3,(H,15,16)(H,14,17,19). The number of rotatable bonds is 4. The van der Waals surface area contributed by atoms with Crippen LogP contribution in [0.3, 0.4) is 0 Å². The van der Waals surface area contributed by atoms with Gasteiger partial charge in [-0.15, -0.1) is 0 Å². The summed E-state index contributed by atoms with van der Waals surface area (Å²) in [5, 5.41) is 6.13. The molecule has 0 unspecified atom stereocenters. The van der Waals surface area contributed by atoms with E-state index in [4.69, 9.17) is 0 Å². The minimum atomic E-state index is 0.582. The molecule has 0 aliphatic heterocycles. The lowest BCUT2D eigenvalue weighted by Gasteiger charge is -2.06. The number of imidazole rings is 1. The Kier molecular flexibility index (Phi) is 3.16. The van der Waals surface area contributed by atoms with Crippen molar-refractivity contribution in [3.63, 3.8) is 0 Å². The highest BCUT2D eigenvalue weighted by molar-refractivity contribution is 5.69. The highest BCUT2D eigenvalue weighted by Gasteiger charge is 2.11. The number of hydrogen-bond donors (Lipinski definition) is 2. The van der Waals surface area contributed by atoms with Gasteiger partial charge in [0, 0.05) is 32.2 Å². The molecule has 3 aromatic rings. The van der Waals surface area contributed by atoms with Gasteiger partial charge in [0.1, 0.15) is 0 Å². The third kappa shape index (κ3) is 2.03. The Balaban J connectivity index is 2.14. The van der Waals surface area contributed by atoms with E-state index in [1.807, 2.05) is 23.6 Å². The van der Waals surface area contributed by atoms with Gasteiger partial charge in [-0.05, 0) is 13.0 Å². The van der Waals surface area contributed by atoms with E-state index >= 15 is 0 Å². The zero-order valence-electron chi connectivity index (χ0n) is 11.3. The first-order valence-corrected chi connectivity index (χ1v) is 6.40. The van der Waals surface area contributed by atoms with Crippen molar-refractivity contribution in [2.24, 2.45) is 0 Å². The van der Waals surface area contributed by atoms with Gasteiger partial charge in [0.05, 0.1) is 17.6 Å². The van der Waals surface area contributed by atoms with Gasteiger partial charge in [0.2, 0.25) is 5.95 Å². The molecule has 0 atom stereocenters.